The van der Waals surface area contributed by atoms with Gasteiger partial charge in [0.05, 0.1) is 18.6 Å². The molecule has 5 nitrogen and oxygen atoms in total. The zero-order valence-corrected chi connectivity index (χ0v) is 15.1. The number of benzene rings is 1. The van der Waals surface area contributed by atoms with Crippen LogP contribution in [0.25, 0.3) is 0 Å². The normalized spacial score (nSPS) is 24.6. The molecule has 2 aliphatic rings. The van der Waals surface area contributed by atoms with Crippen LogP contribution in [0, 0.1) is 12.8 Å². The molecule has 24 heavy (non-hydrogen) atoms. The highest BCUT2D eigenvalue weighted by atomic mass is 35.5. The van der Waals surface area contributed by atoms with Crippen molar-refractivity contribution < 1.29 is 14.6 Å². The van der Waals surface area contributed by atoms with Gasteiger partial charge in [0.25, 0.3) is 0 Å². The van der Waals surface area contributed by atoms with Crippen LogP contribution in [0.1, 0.15) is 30.4 Å². The fourth-order valence-corrected chi connectivity index (χ4v) is 3.62. The van der Waals surface area contributed by atoms with E-state index in [0.29, 0.717) is 13.1 Å². The second-order valence-electron chi connectivity index (χ2n) is 6.82. The summed E-state index contributed by atoms with van der Waals surface area (Å²) >= 11 is 0. The third kappa shape index (κ3) is 3.39. The number of nitrogens with one attached hydrogen (secondary N) is 2. The van der Waals surface area contributed by atoms with E-state index < -0.39 is 5.41 Å². The molecule has 1 saturated heterocycles. The molecule has 1 heterocycles. The van der Waals surface area contributed by atoms with Crippen molar-refractivity contribution in [1.29, 1.82) is 0 Å². The van der Waals surface area contributed by atoms with Crippen molar-refractivity contribution in [3.05, 3.63) is 29.3 Å². The van der Waals surface area contributed by atoms with Gasteiger partial charge in [-0.25, -0.2) is 0 Å². The monoisotopic (exact) mass is 354 g/mol. The van der Waals surface area contributed by atoms with Gasteiger partial charge in [0.2, 0.25) is 5.91 Å². The molecule has 1 aromatic rings. The van der Waals surface area contributed by atoms with Crippen LogP contribution in [0.15, 0.2) is 18.2 Å². The maximum atomic E-state index is 12.8. The number of aliphatic hydroxyl groups is 1. The fourth-order valence-electron chi connectivity index (χ4n) is 3.62. The highest BCUT2D eigenvalue weighted by Crippen LogP contribution is 2.45. The lowest BCUT2D eigenvalue weighted by molar-refractivity contribution is -0.130. The molecule has 1 aromatic carbocycles. The number of aryl methyl sites for hydroxylation is 1. The van der Waals surface area contributed by atoms with E-state index in [-0.39, 0.29) is 30.3 Å². The molecule has 2 atom stereocenters. The molecule has 2 unspecified atom stereocenters. The van der Waals surface area contributed by atoms with Crippen LogP contribution in [-0.4, -0.2) is 43.9 Å². The highest BCUT2D eigenvalue weighted by Gasteiger charge is 2.46. The summed E-state index contributed by atoms with van der Waals surface area (Å²) in [5, 5.41) is 16.1. The van der Waals surface area contributed by atoms with Crippen molar-refractivity contribution >= 4 is 18.3 Å². The fraction of sp³-hybridized carbons (Fsp3) is 0.611. The van der Waals surface area contributed by atoms with Gasteiger partial charge >= 0.3 is 0 Å². The van der Waals surface area contributed by atoms with Gasteiger partial charge in [0.15, 0.2) is 0 Å². The van der Waals surface area contributed by atoms with Gasteiger partial charge in [-0.2, -0.15) is 0 Å². The van der Waals surface area contributed by atoms with Crippen LogP contribution in [0.4, 0.5) is 0 Å². The molecule has 2 fully saturated rings. The molecule has 1 saturated carbocycles. The summed E-state index contributed by atoms with van der Waals surface area (Å²) < 4.78 is 5.41. The Morgan fingerprint density at radius 2 is 2.17 bits per heavy atom. The summed E-state index contributed by atoms with van der Waals surface area (Å²) in [5.41, 5.74) is 1.68. The molecule has 0 spiro atoms. The van der Waals surface area contributed by atoms with E-state index in [4.69, 9.17) is 4.74 Å². The Hall–Kier alpha value is -1.30. The van der Waals surface area contributed by atoms with Crippen LogP contribution < -0.4 is 15.4 Å². The van der Waals surface area contributed by atoms with Crippen LogP contribution in [0.5, 0.6) is 5.75 Å². The largest absolute Gasteiger partial charge is 0.496 e. The lowest BCUT2D eigenvalue weighted by atomic mass is 9.63. The minimum atomic E-state index is -0.433. The molecule has 134 valence electrons. The second-order valence-corrected chi connectivity index (χ2v) is 6.82. The average molecular weight is 355 g/mol. The molecule has 1 aliphatic heterocycles. The molecule has 1 aliphatic carbocycles. The average Bonchev–Trinajstić information content (AvgIpc) is 2.91. The lowest BCUT2D eigenvalue weighted by Crippen LogP contribution is -2.50. The van der Waals surface area contributed by atoms with Gasteiger partial charge < -0.3 is 20.5 Å². The van der Waals surface area contributed by atoms with Crippen molar-refractivity contribution in [1.82, 2.24) is 10.6 Å². The number of aliphatic hydroxyl groups excluding tert-OH is 1. The summed E-state index contributed by atoms with van der Waals surface area (Å²) in [5.74, 6) is 1.01. The van der Waals surface area contributed by atoms with Gasteiger partial charge in [0, 0.05) is 25.6 Å². The first-order valence-corrected chi connectivity index (χ1v) is 8.39. The number of halogens is 1. The summed E-state index contributed by atoms with van der Waals surface area (Å²) in [4.78, 5) is 12.8. The summed E-state index contributed by atoms with van der Waals surface area (Å²) in [6.07, 6.45) is 2.44. The van der Waals surface area contributed by atoms with E-state index in [1.165, 1.54) is 0 Å². The number of amides is 1. The van der Waals surface area contributed by atoms with E-state index in [1.807, 2.05) is 25.1 Å². The standard InChI is InChI=1S/C18H26N2O3.ClH/c1-12-4-5-14(8-16(12)23-2)18(6-3-7-18)17(22)20-10-13-9-19-11-15(13)21;/h4-5,8,13,15,19,21H,3,6-7,9-11H2,1-2H3,(H,20,22);1H. The quantitative estimate of drug-likeness (QED) is 0.750. The van der Waals surface area contributed by atoms with Crippen molar-refractivity contribution in [2.75, 3.05) is 26.7 Å². The number of hydrogen-bond acceptors (Lipinski definition) is 4. The molecule has 0 radical (unpaired) electrons. The zero-order valence-electron chi connectivity index (χ0n) is 14.3. The SMILES string of the molecule is COc1cc(C2(C(=O)NCC3CNCC3O)CCC2)ccc1C.Cl. The number of rotatable bonds is 5. The van der Waals surface area contributed by atoms with Gasteiger partial charge in [-0.1, -0.05) is 18.6 Å². The third-order valence-electron chi connectivity index (χ3n) is 5.43. The van der Waals surface area contributed by atoms with Crippen LogP contribution in [-0.2, 0) is 10.2 Å². The minimum absolute atomic E-state index is 0. The Bertz CT molecular complexity index is 590. The molecule has 3 rings (SSSR count). The van der Waals surface area contributed by atoms with Crippen molar-refractivity contribution in [2.45, 2.75) is 37.7 Å². The highest BCUT2D eigenvalue weighted by molar-refractivity contribution is 5.89. The molecular formula is C18H27ClN2O3. The van der Waals surface area contributed by atoms with Crippen LogP contribution in [0.3, 0.4) is 0 Å². The smallest absolute Gasteiger partial charge is 0.230 e. The summed E-state index contributed by atoms with van der Waals surface area (Å²) in [6.45, 7) is 3.90. The predicted octanol–water partition coefficient (Wildman–Crippen LogP) is 1.54. The number of β-amino-alcohol motifs (C(OH)–C–C–N with tert-alkyl or cyclic N) is 1. The van der Waals surface area contributed by atoms with Crippen LogP contribution >= 0.6 is 12.4 Å². The number of ether oxygens (including phenoxy) is 1. The van der Waals surface area contributed by atoms with Crippen molar-refractivity contribution in [3.8, 4) is 5.75 Å². The maximum absolute atomic E-state index is 12.8. The van der Waals surface area contributed by atoms with E-state index >= 15 is 0 Å². The Balaban J connectivity index is 0.00000208. The van der Waals surface area contributed by atoms with Gasteiger partial charge in [0.1, 0.15) is 5.75 Å². The van der Waals surface area contributed by atoms with E-state index in [2.05, 4.69) is 10.6 Å². The molecule has 1 amide bonds. The molecule has 0 aromatic heterocycles. The number of carbonyl (C=O) groups excluding carboxylic acids is 1. The van der Waals surface area contributed by atoms with Crippen LogP contribution in [0.2, 0.25) is 0 Å². The number of carbonyl (C=O) groups is 1. The second kappa shape index (κ2) is 7.72. The number of hydrogen-bond donors (Lipinski definition) is 3. The zero-order chi connectivity index (χ0) is 16.4. The van der Waals surface area contributed by atoms with E-state index in [0.717, 1.165) is 42.7 Å². The Morgan fingerprint density at radius 3 is 2.71 bits per heavy atom. The Morgan fingerprint density at radius 1 is 1.42 bits per heavy atom. The van der Waals surface area contributed by atoms with Crippen molar-refractivity contribution in [2.24, 2.45) is 5.92 Å². The predicted molar refractivity (Wildman–Crippen MR) is 95.9 cm³/mol. The maximum Gasteiger partial charge on any atom is 0.230 e. The first-order valence-electron chi connectivity index (χ1n) is 8.39. The van der Waals surface area contributed by atoms with E-state index in [9.17, 15) is 9.90 Å². The third-order valence-corrected chi connectivity index (χ3v) is 5.43. The first kappa shape index (κ1) is 19.0. The van der Waals surface area contributed by atoms with E-state index in [1.54, 1.807) is 7.11 Å². The molecule has 0 bridgehead atoms. The summed E-state index contributed by atoms with van der Waals surface area (Å²) in [7, 11) is 1.66. The van der Waals surface area contributed by atoms with Gasteiger partial charge in [-0.05, 0) is 37.0 Å². The minimum Gasteiger partial charge on any atom is -0.496 e. The number of methoxy groups -OCH3 is 1. The first-order chi connectivity index (χ1) is 11.1. The van der Waals surface area contributed by atoms with Crippen molar-refractivity contribution in [3.63, 3.8) is 0 Å². The molecule has 6 heteroatoms. The molecular weight excluding hydrogens is 328 g/mol. The lowest BCUT2D eigenvalue weighted by Gasteiger charge is -2.41. The molecule has 3 N–H and O–H groups in total. The Kier molecular flexibility index (Phi) is 6.12. The summed E-state index contributed by atoms with van der Waals surface area (Å²) in [6, 6.07) is 6.06. The van der Waals surface area contributed by atoms with Gasteiger partial charge in [-0.3, -0.25) is 4.79 Å². The topological polar surface area (TPSA) is 70.6 Å². The van der Waals surface area contributed by atoms with Gasteiger partial charge in [-0.15, -0.1) is 12.4 Å². The Labute approximate surface area is 149 Å².